The number of hydrogen-bond acceptors (Lipinski definition) is 4. The molecule has 4 nitrogen and oxygen atoms in total. The monoisotopic (exact) mass is 370 g/mol. The lowest BCUT2D eigenvalue weighted by atomic mass is 10.1. The van der Waals surface area contributed by atoms with Gasteiger partial charge in [0.2, 0.25) is 0 Å². The van der Waals surface area contributed by atoms with E-state index in [-0.39, 0.29) is 11.3 Å². The van der Waals surface area contributed by atoms with Crippen molar-refractivity contribution in [3.63, 3.8) is 0 Å². The summed E-state index contributed by atoms with van der Waals surface area (Å²) in [7, 11) is 0. The predicted octanol–water partition coefficient (Wildman–Crippen LogP) is 4.27. The molecule has 3 aromatic rings. The Labute approximate surface area is 162 Å². The van der Waals surface area contributed by atoms with E-state index in [4.69, 9.17) is 5.73 Å². The molecule has 0 bridgehead atoms. The second-order valence-corrected chi connectivity index (χ2v) is 6.14. The molecule has 0 atom stereocenters. The Hall–Kier alpha value is -3.67. The first-order valence-electron chi connectivity index (χ1n) is 7.99. The van der Waals surface area contributed by atoms with Crippen LogP contribution in [0.1, 0.15) is 22.3 Å². The summed E-state index contributed by atoms with van der Waals surface area (Å²) in [6, 6.07) is 19.4. The number of nitro groups is 1. The van der Waals surface area contributed by atoms with Crippen LogP contribution in [0, 0.1) is 33.8 Å². The standard InChI is InChI=1S/C22H14N2O2S/c23-21-14-19(11-7-16-4-2-1-3-5-16)22(24(25)26)15-18(21)10-6-17-8-12-20(27)13-9-17/h1-5,8-9,12-15,27H,23H2. The minimum Gasteiger partial charge on any atom is -0.398 e. The summed E-state index contributed by atoms with van der Waals surface area (Å²) < 4.78 is 0. The Morgan fingerprint density at radius 2 is 1.41 bits per heavy atom. The van der Waals surface area contributed by atoms with Crippen LogP contribution in [-0.2, 0) is 0 Å². The molecule has 27 heavy (non-hydrogen) atoms. The molecule has 0 heterocycles. The number of nitrogen functional groups attached to an aromatic ring is 1. The maximum atomic E-state index is 11.4. The van der Waals surface area contributed by atoms with E-state index in [1.165, 1.54) is 12.1 Å². The molecule has 0 fully saturated rings. The molecule has 3 rings (SSSR count). The van der Waals surface area contributed by atoms with E-state index in [1.807, 2.05) is 54.6 Å². The topological polar surface area (TPSA) is 69.2 Å². The first-order valence-corrected chi connectivity index (χ1v) is 8.44. The van der Waals surface area contributed by atoms with E-state index in [9.17, 15) is 10.1 Å². The molecule has 0 aromatic heterocycles. The normalized spacial score (nSPS) is 9.52. The third kappa shape index (κ3) is 4.70. The lowest BCUT2D eigenvalue weighted by Crippen LogP contribution is -1.98. The van der Waals surface area contributed by atoms with Gasteiger partial charge >= 0.3 is 0 Å². The molecule has 0 amide bonds. The largest absolute Gasteiger partial charge is 0.398 e. The number of thiol groups is 1. The van der Waals surface area contributed by atoms with E-state index in [0.29, 0.717) is 11.3 Å². The number of nitrogens with two attached hydrogens (primary N) is 1. The van der Waals surface area contributed by atoms with E-state index >= 15 is 0 Å². The van der Waals surface area contributed by atoms with E-state index in [1.54, 1.807) is 0 Å². The van der Waals surface area contributed by atoms with Crippen molar-refractivity contribution in [1.82, 2.24) is 0 Å². The smallest absolute Gasteiger partial charge is 0.286 e. The SMILES string of the molecule is Nc1cc(C#Cc2ccccc2)c([N+](=O)[O-])cc1C#Cc1ccc(S)cc1. The highest BCUT2D eigenvalue weighted by Gasteiger charge is 2.15. The minimum atomic E-state index is -0.477. The Balaban J connectivity index is 1.99. The summed E-state index contributed by atoms with van der Waals surface area (Å²) in [6.07, 6.45) is 0. The first-order chi connectivity index (χ1) is 13.0. The molecule has 0 saturated carbocycles. The lowest BCUT2D eigenvalue weighted by molar-refractivity contribution is -0.385. The second kappa shape index (κ2) is 8.14. The van der Waals surface area contributed by atoms with Crippen molar-refractivity contribution in [2.45, 2.75) is 4.90 Å². The van der Waals surface area contributed by atoms with Crippen LogP contribution < -0.4 is 5.73 Å². The third-order valence-electron chi connectivity index (χ3n) is 3.69. The van der Waals surface area contributed by atoms with Crippen molar-refractivity contribution in [1.29, 1.82) is 0 Å². The average Bonchev–Trinajstić information content (AvgIpc) is 2.67. The maximum Gasteiger partial charge on any atom is 0.286 e. The quantitative estimate of drug-likeness (QED) is 0.221. The second-order valence-electron chi connectivity index (χ2n) is 5.63. The molecule has 0 radical (unpaired) electrons. The predicted molar refractivity (Wildman–Crippen MR) is 110 cm³/mol. The molecule has 0 spiro atoms. The molecule has 5 heteroatoms. The van der Waals surface area contributed by atoms with Gasteiger partial charge in [-0.2, -0.15) is 0 Å². The molecule has 3 aromatic carbocycles. The fraction of sp³-hybridized carbons (Fsp3) is 0. The van der Waals surface area contributed by atoms with Crippen molar-refractivity contribution >= 4 is 24.0 Å². The van der Waals surface area contributed by atoms with Gasteiger partial charge in [0.05, 0.1) is 10.5 Å². The summed E-state index contributed by atoms with van der Waals surface area (Å²) in [6.45, 7) is 0. The van der Waals surface area contributed by atoms with Gasteiger partial charge in [0, 0.05) is 27.8 Å². The van der Waals surface area contributed by atoms with Gasteiger partial charge in [0.15, 0.2) is 0 Å². The first kappa shape index (κ1) is 18.1. The summed E-state index contributed by atoms with van der Waals surface area (Å²) in [5.41, 5.74) is 8.44. The summed E-state index contributed by atoms with van der Waals surface area (Å²) >= 11 is 4.22. The van der Waals surface area contributed by atoms with E-state index < -0.39 is 4.92 Å². The van der Waals surface area contributed by atoms with Crippen molar-refractivity contribution in [3.05, 3.63) is 99.1 Å². The summed E-state index contributed by atoms with van der Waals surface area (Å²) in [4.78, 5) is 11.8. The Morgan fingerprint density at radius 3 is 2.04 bits per heavy atom. The van der Waals surface area contributed by atoms with Gasteiger partial charge in [0.1, 0.15) is 5.56 Å². The van der Waals surface area contributed by atoms with Crippen molar-refractivity contribution < 1.29 is 4.92 Å². The molecule has 0 saturated heterocycles. The van der Waals surface area contributed by atoms with Crippen molar-refractivity contribution in [2.75, 3.05) is 5.73 Å². The number of anilines is 1. The van der Waals surface area contributed by atoms with Crippen LogP contribution >= 0.6 is 12.6 Å². The highest BCUT2D eigenvalue weighted by molar-refractivity contribution is 7.80. The van der Waals surface area contributed by atoms with Crippen LogP contribution in [0.15, 0.2) is 71.6 Å². The van der Waals surface area contributed by atoms with Gasteiger partial charge in [-0.05, 0) is 42.5 Å². The molecule has 2 N–H and O–H groups in total. The summed E-state index contributed by atoms with van der Waals surface area (Å²) in [5, 5.41) is 11.4. The van der Waals surface area contributed by atoms with E-state index in [2.05, 4.69) is 36.3 Å². The molecule has 130 valence electrons. The maximum absolute atomic E-state index is 11.4. The average molecular weight is 370 g/mol. The zero-order chi connectivity index (χ0) is 19.2. The van der Waals surface area contributed by atoms with E-state index in [0.717, 1.165) is 16.0 Å². The van der Waals surface area contributed by atoms with Gasteiger partial charge in [-0.15, -0.1) is 12.6 Å². The molecule has 0 aliphatic heterocycles. The van der Waals surface area contributed by atoms with Crippen LogP contribution in [0.2, 0.25) is 0 Å². The van der Waals surface area contributed by atoms with Gasteiger partial charge in [-0.25, -0.2) is 0 Å². The Kier molecular flexibility index (Phi) is 5.47. The summed E-state index contributed by atoms with van der Waals surface area (Å²) in [5.74, 6) is 11.6. The highest BCUT2D eigenvalue weighted by atomic mass is 32.1. The van der Waals surface area contributed by atoms with Gasteiger partial charge in [-0.3, -0.25) is 10.1 Å². The van der Waals surface area contributed by atoms with Gasteiger partial charge in [-0.1, -0.05) is 41.9 Å². The Bertz CT molecular complexity index is 1120. The molecular formula is C22H14N2O2S. The Morgan fingerprint density at radius 1 is 0.815 bits per heavy atom. The number of benzene rings is 3. The number of hydrogen-bond donors (Lipinski definition) is 2. The minimum absolute atomic E-state index is 0.123. The zero-order valence-electron chi connectivity index (χ0n) is 14.1. The van der Waals surface area contributed by atoms with Gasteiger partial charge < -0.3 is 5.73 Å². The molecular weight excluding hydrogens is 356 g/mol. The number of nitro benzene ring substituents is 1. The van der Waals surface area contributed by atoms with Gasteiger partial charge in [0.25, 0.3) is 5.69 Å². The molecule has 0 aliphatic carbocycles. The van der Waals surface area contributed by atoms with Crippen LogP contribution in [0.25, 0.3) is 0 Å². The van der Waals surface area contributed by atoms with Crippen LogP contribution in [0.3, 0.4) is 0 Å². The zero-order valence-corrected chi connectivity index (χ0v) is 15.0. The molecule has 0 unspecified atom stereocenters. The third-order valence-corrected chi connectivity index (χ3v) is 3.99. The van der Waals surface area contributed by atoms with Crippen molar-refractivity contribution in [2.24, 2.45) is 0 Å². The van der Waals surface area contributed by atoms with Crippen LogP contribution in [-0.4, -0.2) is 4.92 Å². The fourth-order valence-electron chi connectivity index (χ4n) is 2.31. The van der Waals surface area contributed by atoms with Crippen LogP contribution in [0.4, 0.5) is 11.4 Å². The number of rotatable bonds is 1. The molecule has 0 aliphatic rings. The fourth-order valence-corrected chi connectivity index (χ4v) is 2.46. The highest BCUT2D eigenvalue weighted by Crippen LogP contribution is 2.24. The number of nitrogens with zero attached hydrogens (tertiary/aromatic N) is 1. The van der Waals surface area contributed by atoms with Crippen LogP contribution in [0.5, 0.6) is 0 Å². The van der Waals surface area contributed by atoms with Crippen molar-refractivity contribution in [3.8, 4) is 23.7 Å². The lowest BCUT2D eigenvalue weighted by Gasteiger charge is -2.01.